The van der Waals surface area contributed by atoms with E-state index in [4.69, 9.17) is 0 Å². The van der Waals surface area contributed by atoms with E-state index in [-0.39, 0.29) is 5.91 Å². The Morgan fingerprint density at radius 1 is 1.32 bits per heavy atom. The van der Waals surface area contributed by atoms with Crippen LogP contribution in [0.4, 0.5) is 0 Å². The lowest BCUT2D eigenvalue weighted by Crippen LogP contribution is -2.24. The van der Waals surface area contributed by atoms with Gasteiger partial charge in [0.25, 0.3) is 0 Å². The summed E-state index contributed by atoms with van der Waals surface area (Å²) in [6.45, 7) is 2.52. The molecule has 1 aliphatic carbocycles. The lowest BCUT2D eigenvalue weighted by Gasteiger charge is -2.06. The van der Waals surface area contributed by atoms with Crippen LogP contribution in [0.1, 0.15) is 36.5 Å². The first-order valence-corrected chi connectivity index (χ1v) is 8.40. The summed E-state index contributed by atoms with van der Waals surface area (Å²) in [5, 5.41) is 2.73. The maximum Gasteiger partial charge on any atom is 0.220 e. The molecule has 104 valence electrons. The molecular weight excluding hydrogens is 258 g/mol. The molecule has 19 heavy (non-hydrogen) atoms. The molecule has 1 atom stereocenters. The Morgan fingerprint density at radius 3 is 2.89 bits per heavy atom. The van der Waals surface area contributed by atoms with Crippen LogP contribution in [0.5, 0.6) is 0 Å². The molecule has 0 heterocycles. The van der Waals surface area contributed by atoms with Gasteiger partial charge in [0.15, 0.2) is 0 Å². The van der Waals surface area contributed by atoms with Crippen LogP contribution in [0.15, 0.2) is 18.2 Å². The average Bonchev–Trinajstić information content (AvgIpc) is 2.84. The van der Waals surface area contributed by atoms with Gasteiger partial charge < -0.3 is 5.32 Å². The summed E-state index contributed by atoms with van der Waals surface area (Å²) < 4.78 is 12.0. The second-order valence-corrected chi connectivity index (χ2v) is 6.52. The molecule has 0 unspecified atom stereocenters. The third-order valence-corrected chi connectivity index (χ3v) is 4.74. The molecule has 0 spiro atoms. The number of rotatable bonds is 6. The van der Waals surface area contributed by atoms with Crippen molar-refractivity contribution in [2.24, 2.45) is 0 Å². The molecule has 1 aliphatic rings. The molecule has 0 bridgehead atoms. The molecule has 1 aromatic carbocycles. The van der Waals surface area contributed by atoms with Gasteiger partial charge in [0.1, 0.15) is 0 Å². The fourth-order valence-corrected chi connectivity index (χ4v) is 3.57. The second-order valence-electron chi connectivity index (χ2n) is 4.95. The van der Waals surface area contributed by atoms with E-state index in [1.165, 1.54) is 24.0 Å². The highest BCUT2D eigenvalue weighted by Crippen LogP contribution is 2.23. The minimum atomic E-state index is -0.952. The first-order chi connectivity index (χ1) is 9.19. The molecule has 1 aromatic rings. The molecule has 4 heteroatoms. The molecule has 0 aromatic heterocycles. The highest BCUT2D eigenvalue weighted by molar-refractivity contribution is 7.84. The molecule has 3 nitrogen and oxygen atoms in total. The van der Waals surface area contributed by atoms with Gasteiger partial charge in [-0.15, -0.1) is 0 Å². The standard InChI is InChI=1S/C15H21NO2S/c1-2-16-15(17)8-9-19(18)11-12-6-7-13-4-3-5-14(13)10-12/h6-7,10H,2-5,8-9,11H2,1H3,(H,16,17)/t19-/m1/s1. The number of hydrogen-bond donors (Lipinski definition) is 1. The minimum Gasteiger partial charge on any atom is -0.356 e. The van der Waals surface area contributed by atoms with Crippen molar-refractivity contribution in [3.8, 4) is 0 Å². The fourth-order valence-electron chi connectivity index (χ4n) is 2.47. The normalized spacial score (nSPS) is 15.0. The van der Waals surface area contributed by atoms with E-state index in [1.54, 1.807) is 0 Å². The molecule has 0 saturated heterocycles. The Balaban J connectivity index is 1.84. The smallest absolute Gasteiger partial charge is 0.220 e. The van der Waals surface area contributed by atoms with Crippen molar-refractivity contribution in [3.63, 3.8) is 0 Å². The number of benzene rings is 1. The van der Waals surface area contributed by atoms with Crippen molar-refractivity contribution in [2.45, 2.75) is 38.4 Å². The molecule has 0 saturated carbocycles. The summed E-state index contributed by atoms with van der Waals surface area (Å²) in [5.74, 6) is 1.00. The van der Waals surface area contributed by atoms with E-state index in [1.807, 2.05) is 6.92 Å². The van der Waals surface area contributed by atoms with E-state index >= 15 is 0 Å². The fraction of sp³-hybridized carbons (Fsp3) is 0.533. The van der Waals surface area contributed by atoms with E-state index in [2.05, 4.69) is 23.5 Å². The van der Waals surface area contributed by atoms with Gasteiger partial charge in [0.2, 0.25) is 5.91 Å². The van der Waals surface area contributed by atoms with Crippen molar-refractivity contribution in [3.05, 3.63) is 34.9 Å². The number of aryl methyl sites for hydroxylation is 2. The lowest BCUT2D eigenvalue weighted by molar-refractivity contribution is -0.120. The van der Waals surface area contributed by atoms with E-state index in [0.717, 1.165) is 12.0 Å². The predicted octanol–water partition coefficient (Wildman–Crippen LogP) is 1.95. The first kappa shape index (κ1) is 14.3. The van der Waals surface area contributed by atoms with Gasteiger partial charge in [0.05, 0.1) is 0 Å². The lowest BCUT2D eigenvalue weighted by atomic mass is 10.1. The zero-order valence-corrected chi connectivity index (χ0v) is 12.2. The number of carbonyl (C=O) groups excluding carboxylic acids is 1. The molecule has 1 N–H and O–H groups in total. The van der Waals surface area contributed by atoms with E-state index in [0.29, 0.717) is 24.5 Å². The average molecular weight is 279 g/mol. The Morgan fingerprint density at radius 2 is 2.11 bits per heavy atom. The zero-order valence-electron chi connectivity index (χ0n) is 11.4. The van der Waals surface area contributed by atoms with Crippen LogP contribution in [-0.4, -0.2) is 22.4 Å². The Kier molecular flexibility index (Phi) is 5.14. The minimum absolute atomic E-state index is 0.00944. The molecule has 1 amide bonds. The van der Waals surface area contributed by atoms with Crippen LogP contribution in [0, 0.1) is 0 Å². The van der Waals surface area contributed by atoms with Crippen LogP contribution in [0.3, 0.4) is 0 Å². The predicted molar refractivity (Wildman–Crippen MR) is 78.5 cm³/mol. The highest BCUT2D eigenvalue weighted by atomic mass is 32.2. The van der Waals surface area contributed by atoms with Gasteiger partial charge in [0, 0.05) is 35.3 Å². The topological polar surface area (TPSA) is 46.2 Å². The summed E-state index contributed by atoms with van der Waals surface area (Å²) in [6, 6.07) is 6.43. The largest absolute Gasteiger partial charge is 0.356 e. The number of nitrogens with one attached hydrogen (secondary N) is 1. The van der Waals surface area contributed by atoms with Crippen molar-refractivity contribution in [2.75, 3.05) is 12.3 Å². The number of carbonyl (C=O) groups is 1. The third kappa shape index (κ3) is 4.16. The van der Waals surface area contributed by atoms with Crippen molar-refractivity contribution < 1.29 is 9.00 Å². The van der Waals surface area contributed by atoms with Crippen molar-refractivity contribution >= 4 is 16.7 Å². The third-order valence-electron chi connectivity index (χ3n) is 3.42. The van der Waals surface area contributed by atoms with Gasteiger partial charge in [-0.2, -0.15) is 0 Å². The van der Waals surface area contributed by atoms with Crippen LogP contribution in [0.2, 0.25) is 0 Å². The van der Waals surface area contributed by atoms with E-state index in [9.17, 15) is 9.00 Å². The molecule has 0 aliphatic heterocycles. The quantitative estimate of drug-likeness (QED) is 0.865. The zero-order chi connectivity index (χ0) is 13.7. The van der Waals surface area contributed by atoms with Gasteiger partial charge in [-0.25, -0.2) is 0 Å². The summed E-state index contributed by atoms with van der Waals surface area (Å²) in [6.07, 6.45) is 3.91. The van der Waals surface area contributed by atoms with Crippen LogP contribution < -0.4 is 5.32 Å². The number of hydrogen-bond acceptors (Lipinski definition) is 2. The van der Waals surface area contributed by atoms with Crippen molar-refractivity contribution in [1.29, 1.82) is 0 Å². The highest BCUT2D eigenvalue weighted by Gasteiger charge is 2.12. The first-order valence-electron chi connectivity index (χ1n) is 6.91. The van der Waals surface area contributed by atoms with Gasteiger partial charge in [-0.1, -0.05) is 18.2 Å². The molecule has 0 fully saturated rings. The van der Waals surface area contributed by atoms with Gasteiger partial charge >= 0.3 is 0 Å². The Bertz CT molecular complexity index is 485. The summed E-state index contributed by atoms with van der Waals surface area (Å²) in [5.41, 5.74) is 3.99. The second kappa shape index (κ2) is 6.85. The molecule has 0 radical (unpaired) electrons. The summed E-state index contributed by atoms with van der Waals surface area (Å²) in [7, 11) is -0.952. The summed E-state index contributed by atoms with van der Waals surface area (Å²) >= 11 is 0. The van der Waals surface area contributed by atoms with Crippen LogP contribution >= 0.6 is 0 Å². The van der Waals surface area contributed by atoms with E-state index < -0.39 is 10.8 Å². The van der Waals surface area contributed by atoms with Crippen LogP contribution in [0.25, 0.3) is 0 Å². The maximum atomic E-state index is 12.0. The number of fused-ring (bicyclic) bond motifs is 1. The van der Waals surface area contributed by atoms with Gasteiger partial charge in [-0.05, 0) is 42.9 Å². The monoisotopic (exact) mass is 279 g/mol. The SMILES string of the molecule is CCNC(=O)CC[S@@](=O)Cc1ccc2c(c1)CCC2. The summed E-state index contributed by atoms with van der Waals surface area (Å²) in [4.78, 5) is 11.3. The van der Waals surface area contributed by atoms with Crippen molar-refractivity contribution in [1.82, 2.24) is 5.32 Å². The van der Waals surface area contributed by atoms with Crippen LogP contribution in [-0.2, 0) is 34.2 Å². The Hall–Kier alpha value is -1.16. The number of amides is 1. The molecular formula is C15H21NO2S. The maximum absolute atomic E-state index is 12.0. The Labute approximate surface area is 117 Å². The van der Waals surface area contributed by atoms with Gasteiger partial charge in [-0.3, -0.25) is 9.00 Å². The molecule has 2 rings (SSSR count).